The number of amides is 1. The third kappa shape index (κ3) is 3.70. The van der Waals surface area contributed by atoms with Gasteiger partial charge in [-0.15, -0.1) is 10.2 Å². The van der Waals surface area contributed by atoms with Crippen LogP contribution in [0.15, 0.2) is 40.0 Å². The summed E-state index contributed by atoms with van der Waals surface area (Å²) in [5, 5.41) is 11.7. The summed E-state index contributed by atoms with van der Waals surface area (Å²) in [6.07, 6.45) is 0. The van der Waals surface area contributed by atoms with Gasteiger partial charge in [0.15, 0.2) is 5.16 Å². The molecule has 2 heterocycles. The molecule has 0 aliphatic carbocycles. The van der Waals surface area contributed by atoms with Crippen molar-refractivity contribution in [3.63, 3.8) is 0 Å². The number of anilines is 1. The molecule has 3 rings (SSSR count). The summed E-state index contributed by atoms with van der Waals surface area (Å²) in [6, 6.07) is 9.41. The summed E-state index contributed by atoms with van der Waals surface area (Å²) in [7, 11) is 0. The Bertz CT molecular complexity index is 862. The van der Waals surface area contributed by atoms with Gasteiger partial charge in [0.2, 0.25) is 5.91 Å². The van der Waals surface area contributed by atoms with Crippen molar-refractivity contribution in [1.82, 2.24) is 19.6 Å². The van der Waals surface area contributed by atoms with Crippen molar-refractivity contribution in [1.29, 1.82) is 0 Å². The lowest BCUT2D eigenvalue weighted by Gasteiger charge is -2.06. The first-order valence-electron chi connectivity index (χ1n) is 6.90. The molecule has 0 radical (unpaired) electrons. The third-order valence-electron chi connectivity index (χ3n) is 3.12. The minimum Gasteiger partial charge on any atom is -0.325 e. The Labute approximate surface area is 145 Å². The van der Waals surface area contributed by atoms with Gasteiger partial charge in [0.05, 0.1) is 5.75 Å². The second kappa shape index (κ2) is 6.67. The molecule has 0 bridgehead atoms. The largest absolute Gasteiger partial charge is 0.325 e. The average molecular weight is 392 g/mol. The number of aromatic nitrogens is 4. The van der Waals surface area contributed by atoms with Crippen molar-refractivity contribution in [2.24, 2.45) is 0 Å². The number of rotatable bonds is 4. The quantitative estimate of drug-likeness (QED) is 0.691. The smallest absolute Gasteiger partial charge is 0.256 e. The number of fused-ring (bicyclic) bond motifs is 1. The second-order valence-electron chi connectivity index (χ2n) is 5.00. The molecular formula is C15H14BrN5OS. The van der Waals surface area contributed by atoms with Crippen LogP contribution in [0.1, 0.15) is 11.4 Å². The monoisotopic (exact) mass is 391 g/mol. The second-order valence-corrected chi connectivity index (χ2v) is 6.86. The predicted octanol–water partition coefficient (Wildman–Crippen LogP) is 3.23. The van der Waals surface area contributed by atoms with Crippen molar-refractivity contribution in [2.75, 3.05) is 11.1 Å². The number of aryl methyl sites for hydroxylation is 2. The fourth-order valence-electron chi connectivity index (χ4n) is 2.15. The Balaban J connectivity index is 1.68. The van der Waals surface area contributed by atoms with Crippen molar-refractivity contribution >= 4 is 45.1 Å². The molecule has 1 amide bonds. The van der Waals surface area contributed by atoms with Gasteiger partial charge in [0, 0.05) is 21.5 Å². The molecule has 0 aliphatic heterocycles. The Morgan fingerprint density at radius 3 is 2.74 bits per heavy atom. The first kappa shape index (κ1) is 15.9. The van der Waals surface area contributed by atoms with Crippen molar-refractivity contribution in [3.05, 3.63) is 46.2 Å². The molecule has 1 aromatic carbocycles. The van der Waals surface area contributed by atoms with Crippen LogP contribution in [-0.2, 0) is 4.79 Å². The van der Waals surface area contributed by atoms with E-state index < -0.39 is 0 Å². The molecule has 0 unspecified atom stereocenters. The summed E-state index contributed by atoms with van der Waals surface area (Å²) >= 11 is 4.70. The topological polar surface area (TPSA) is 72.2 Å². The van der Waals surface area contributed by atoms with E-state index in [1.165, 1.54) is 11.8 Å². The van der Waals surface area contributed by atoms with Crippen LogP contribution in [0.3, 0.4) is 0 Å². The van der Waals surface area contributed by atoms with Gasteiger partial charge in [0.25, 0.3) is 5.78 Å². The van der Waals surface area contributed by atoms with Crippen LogP contribution in [0, 0.1) is 13.8 Å². The van der Waals surface area contributed by atoms with Crippen LogP contribution in [0.2, 0.25) is 0 Å². The Kier molecular flexibility index (Phi) is 4.63. The van der Waals surface area contributed by atoms with Gasteiger partial charge < -0.3 is 5.32 Å². The molecule has 0 saturated heterocycles. The minimum absolute atomic E-state index is 0.0909. The van der Waals surface area contributed by atoms with Crippen molar-refractivity contribution in [3.8, 4) is 0 Å². The first-order chi connectivity index (χ1) is 11.0. The van der Waals surface area contributed by atoms with E-state index in [1.807, 2.05) is 48.6 Å². The highest BCUT2D eigenvalue weighted by atomic mass is 79.9. The van der Waals surface area contributed by atoms with Crippen LogP contribution in [0.5, 0.6) is 0 Å². The molecule has 0 fully saturated rings. The maximum absolute atomic E-state index is 12.1. The molecule has 6 nitrogen and oxygen atoms in total. The number of hydrogen-bond donors (Lipinski definition) is 1. The van der Waals surface area contributed by atoms with E-state index in [0.717, 1.165) is 21.5 Å². The van der Waals surface area contributed by atoms with Gasteiger partial charge in [-0.3, -0.25) is 9.20 Å². The third-order valence-corrected chi connectivity index (χ3v) is 4.58. The molecule has 3 aromatic rings. The van der Waals surface area contributed by atoms with Gasteiger partial charge in [-0.2, -0.15) is 0 Å². The van der Waals surface area contributed by atoms with Gasteiger partial charge >= 0.3 is 0 Å². The van der Waals surface area contributed by atoms with Gasteiger partial charge in [-0.25, -0.2) is 4.98 Å². The zero-order valence-electron chi connectivity index (χ0n) is 12.6. The van der Waals surface area contributed by atoms with Crippen LogP contribution in [0.25, 0.3) is 5.78 Å². The summed E-state index contributed by atoms with van der Waals surface area (Å²) in [6.45, 7) is 3.89. The normalized spacial score (nSPS) is 10.9. The molecule has 118 valence electrons. The maximum atomic E-state index is 12.1. The highest BCUT2D eigenvalue weighted by molar-refractivity contribution is 9.10. The van der Waals surface area contributed by atoms with Crippen LogP contribution >= 0.6 is 27.7 Å². The molecular weight excluding hydrogens is 378 g/mol. The fraction of sp³-hybridized carbons (Fsp3) is 0.200. The lowest BCUT2D eigenvalue weighted by molar-refractivity contribution is -0.113. The number of carbonyl (C=O) groups excluding carboxylic acids is 1. The Morgan fingerprint density at radius 1 is 1.26 bits per heavy atom. The standard InChI is InChI=1S/C15H14BrN5OS/c1-9-7-10(2)21-14(17-9)19-20-15(21)23-8-13(22)18-12-5-3-11(16)4-6-12/h3-7H,8H2,1-2H3,(H,18,22). The van der Waals surface area contributed by atoms with E-state index in [9.17, 15) is 4.79 Å². The van der Waals surface area contributed by atoms with E-state index >= 15 is 0 Å². The molecule has 0 spiro atoms. The van der Waals surface area contributed by atoms with Crippen molar-refractivity contribution < 1.29 is 4.79 Å². The van der Waals surface area contributed by atoms with E-state index in [-0.39, 0.29) is 11.7 Å². The summed E-state index contributed by atoms with van der Waals surface area (Å²) < 4.78 is 2.82. The fourth-order valence-corrected chi connectivity index (χ4v) is 3.20. The molecule has 0 atom stereocenters. The molecule has 1 N–H and O–H groups in total. The van der Waals surface area contributed by atoms with Crippen molar-refractivity contribution in [2.45, 2.75) is 19.0 Å². The number of thioether (sulfide) groups is 1. The highest BCUT2D eigenvalue weighted by Gasteiger charge is 2.12. The van der Waals surface area contributed by atoms with Crippen LogP contribution in [0.4, 0.5) is 5.69 Å². The predicted molar refractivity (Wildman–Crippen MR) is 93.8 cm³/mol. The van der Waals surface area contributed by atoms with Gasteiger partial charge in [0.1, 0.15) is 0 Å². The Hall–Kier alpha value is -1.93. The molecule has 0 aliphatic rings. The maximum Gasteiger partial charge on any atom is 0.256 e. The first-order valence-corrected chi connectivity index (χ1v) is 8.68. The van der Waals surface area contributed by atoms with E-state index in [0.29, 0.717) is 10.9 Å². The Morgan fingerprint density at radius 2 is 2.00 bits per heavy atom. The van der Waals surface area contributed by atoms with Gasteiger partial charge in [-0.1, -0.05) is 27.7 Å². The zero-order chi connectivity index (χ0) is 16.4. The van der Waals surface area contributed by atoms with E-state index in [1.54, 1.807) is 0 Å². The highest BCUT2D eigenvalue weighted by Crippen LogP contribution is 2.19. The van der Waals surface area contributed by atoms with E-state index in [2.05, 4.69) is 36.4 Å². The SMILES string of the molecule is Cc1cc(C)n2c(SCC(=O)Nc3ccc(Br)cc3)nnc2n1. The lowest BCUT2D eigenvalue weighted by atomic mass is 10.3. The number of hydrogen-bond acceptors (Lipinski definition) is 5. The van der Waals surface area contributed by atoms with Crippen LogP contribution in [-0.4, -0.2) is 31.2 Å². The van der Waals surface area contributed by atoms with E-state index in [4.69, 9.17) is 0 Å². The number of carbonyl (C=O) groups is 1. The number of nitrogens with one attached hydrogen (secondary N) is 1. The molecule has 23 heavy (non-hydrogen) atoms. The average Bonchev–Trinajstić information content (AvgIpc) is 2.91. The molecule has 2 aromatic heterocycles. The summed E-state index contributed by atoms with van der Waals surface area (Å²) in [4.78, 5) is 16.4. The van der Waals surface area contributed by atoms with Gasteiger partial charge in [-0.05, 0) is 44.2 Å². The zero-order valence-corrected chi connectivity index (χ0v) is 15.0. The van der Waals surface area contributed by atoms with Crippen LogP contribution < -0.4 is 5.32 Å². The molecule has 8 heteroatoms. The number of nitrogens with zero attached hydrogens (tertiary/aromatic N) is 4. The summed E-state index contributed by atoms with van der Waals surface area (Å²) in [5.41, 5.74) is 2.65. The summed E-state index contributed by atoms with van der Waals surface area (Å²) in [5.74, 6) is 0.717. The number of halogens is 1. The lowest BCUT2D eigenvalue weighted by Crippen LogP contribution is -2.14. The number of benzene rings is 1. The minimum atomic E-state index is -0.0909. The molecule has 0 saturated carbocycles.